The van der Waals surface area contributed by atoms with Crippen LogP contribution in [0.5, 0.6) is 0 Å². The zero-order valence-corrected chi connectivity index (χ0v) is 10.7. The molecule has 1 rings (SSSR count). The minimum Gasteiger partial charge on any atom is -0.283 e. The molecule has 0 radical (unpaired) electrons. The van der Waals surface area contributed by atoms with E-state index in [9.17, 15) is 9.59 Å². The Morgan fingerprint density at radius 2 is 1.75 bits per heavy atom. The molecule has 0 aliphatic rings. The molecular formula is C11H17ClN2O2. The van der Waals surface area contributed by atoms with Crippen LogP contribution in [0, 0.1) is 0 Å². The third-order valence-corrected chi connectivity index (χ3v) is 3.00. The molecule has 0 spiro atoms. The van der Waals surface area contributed by atoms with Gasteiger partial charge in [-0.15, -0.1) is 0 Å². The van der Waals surface area contributed by atoms with E-state index >= 15 is 0 Å². The van der Waals surface area contributed by atoms with Crippen LogP contribution in [0.1, 0.15) is 32.8 Å². The number of aromatic nitrogens is 2. The van der Waals surface area contributed by atoms with E-state index in [1.807, 2.05) is 13.8 Å². The number of hydrogen-bond acceptors (Lipinski definition) is 2. The summed E-state index contributed by atoms with van der Waals surface area (Å²) in [5, 5.41) is 0.295. The fourth-order valence-electron chi connectivity index (χ4n) is 1.72. The molecule has 5 heteroatoms. The Bertz CT molecular complexity index is 488. The van der Waals surface area contributed by atoms with Gasteiger partial charge in [0.15, 0.2) is 0 Å². The number of rotatable bonds is 4. The van der Waals surface area contributed by atoms with Gasteiger partial charge in [0.1, 0.15) is 5.15 Å². The zero-order chi connectivity index (χ0) is 12.3. The maximum absolute atomic E-state index is 11.9. The second kappa shape index (κ2) is 5.34. The summed E-state index contributed by atoms with van der Waals surface area (Å²) in [7, 11) is 0. The quantitative estimate of drug-likeness (QED) is 0.756. The highest BCUT2D eigenvalue weighted by Crippen LogP contribution is 2.11. The summed E-state index contributed by atoms with van der Waals surface area (Å²) in [4.78, 5) is 23.8. The third kappa shape index (κ3) is 2.07. The summed E-state index contributed by atoms with van der Waals surface area (Å²) in [5.74, 6) is 0. The first-order valence-electron chi connectivity index (χ1n) is 5.60. The van der Waals surface area contributed by atoms with E-state index < -0.39 is 0 Å². The Kier molecular flexibility index (Phi) is 4.35. The Morgan fingerprint density at radius 3 is 2.19 bits per heavy atom. The maximum Gasteiger partial charge on any atom is 0.332 e. The van der Waals surface area contributed by atoms with E-state index in [0.717, 1.165) is 6.42 Å². The summed E-state index contributed by atoms with van der Waals surface area (Å²) in [5.41, 5.74) is -0.0412. The SMILES string of the molecule is CCCn1c(Cl)c(CC)c(=O)n(CC)c1=O. The van der Waals surface area contributed by atoms with Crippen LogP contribution < -0.4 is 11.2 Å². The molecule has 0 atom stereocenters. The highest BCUT2D eigenvalue weighted by atomic mass is 35.5. The molecule has 0 saturated carbocycles. The molecule has 1 aromatic rings. The van der Waals surface area contributed by atoms with Gasteiger partial charge in [-0.1, -0.05) is 25.4 Å². The first-order chi connectivity index (χ1) is 7.58. The van der Waals surface area contributed by atoms with Crippen molar-refractivity contribution in [2.45, 2.75) is 46.7 Å². The number of hydrogen-bond donors (Lipinski definition) is 0. The van der Waals surface area contributed by atoms with Gasteiger partial charge in [0.2, 0.25) is 0 Å². The van der Waals surface area contributed by atoms with Crippen LogP contribution in [0.2, 0.25) is 5.15 Å². The van der Waals surface area contributed by atoms with E-state index in [2.05, 4.69) is 0 Å². The van der Waals surface area contributed by atoms with Crippen LogP contribution in [0.25, 0.3) is 0 Å². The highest BCUT2D eigenvalue weighted by Gasteiger charge is 2.14. The van der Waals surface area contributed by atoms with Crippen molar-refractivity contribution >= 4 is 11.6 Å². The van der Waals surface area contributed by atoms with Crippen molar-refractivity contribution in [3.8, 4) is 0 Å². The topological polar surface area (TPSA) is 44.0 Å². The lowest BCUT2D eigenvalue weighted by Crippen LogP contribution is -2.41. The molecule has 0 saturated heterocycles. The van der Waals surface area contributed by atoms with Crippen molar-refractivity contribution in [3.63, 3.8) is 0 Å². The van der Waals surface area contributed by atoms with E-state index in [1.165, 1.54) is 9.13 Å². The number of halogens is 1. The molecule has 4 nitrogen and oxygen atoms in total. The Hall–Kier alpha value is -1.03. The summed E-state index contributed by atoms with van der Waals surface area (Å²) in [6, 6.07) is 0. The van der Waals surface area contributed by atoms with Gasteiger partial charge < -0.3 is 0 Å². The predicted molar refractivity (Wildman–Crippen MR) is 65.3 cm³/mol. The summed E-state index contributed by atoms with van der Waals surface area (Å²) in [6.07, 6.45) is 1.35. The Balaban J connectivity index is 3.63. The molecular weight excluding hydrogens is 228 g/mol. The Labute approximate surface area is 99.5 Å². The molecule has 16 heavy (non-hydrogen) atoms. The fraction of sp³-hybridized carbons (Fsp3) is 0.636. The average Bonchev–Trinajstić information content (AvgIpc) is 2.26. The lowest BCUT2D eigenvalue weighted by molar-refractivity contribution is 0.554. The van der Waals surface area contributed by atoms with Gasteiger partial charge >= 0.3 is 5.69 Å². The summed E-state index contributed by atoms with van der Waals surface area (Å²) in [6.45, 7) is 6.54. The van der Waals surface area contributed by atoms with Crippen LogP contribution in [-0.4, -0.2) is 9.13 Å². The lowest BCUT2D eigenvalue weighted by Gasteiger charge is -2.13. The lowest BCUT2D eigenvalue weighted by atomic mass is 10.2. The standard InChI is InChI=1S/C11H17ClN2O2/c1-4-7-14-9(12)8(5-2)10(15)13(6-3)11(14)16/h4-7H2,1-3H3. The van der Waals surface area contributed by atoms with Crippen molar-refractivity contribution < 1.29 is 0 Å². The molecule has 0 unspecified atom stereocenters. The molecule has 90 valence electrons. The fourth-order valence-corrected chi connectivity index (χ4v) is 2.10. The van der Waals surface area contributed by atoms with Crippen LogP contribution >= 0.6 is 11.6 Å². The van der Waals surface area contributed by atoms with E-state index in [4.69, 9.17) is 11.6 Å². The molecule has 0 aliphatic carbocycles. The summed E-state index contributed by atoms with van der Waals surface area (Å²) >= 11 is 6.08. The molecule has 0 aliphatic heterocycles. The van der Waals surface area contributed by atoms with Crippen LogP contribution in [0.4, 0.5) is 0 Å². The molecule has 0 aromatic carbocycles. The molecule has 0 amide bonds. The van der Waals surface area contributed by atoms with Gasteiger partial charge in [0.25, 0.3) is 5.56 Å². The average molecular weight is 245 g/mol. The largest absolute Gasteiger partial charge is 0.332 e. The van der Waals surface area contributed by atoms with Crippen molar-refractivity contribution in [2.24, 2.45) is 0 Å². The van der Waals surface area contributed by atoms with E-state index in [-0.39, 0.29) is 11.2 Å². The van der Waals surface area contributed by atoms with Crippen LogP contribution in [0.3, 0.4) is 0 Å². The number of nitrogens with zero attached hydrogens (tertiary/aromatic N) is 2. The molecule has 1 heterocycles. The molecule has 0 fully saturated rings. The highest BCUT2D eigenvalue weighted by molar-refractivity contribution is 6.30. The normalized spacial score (nSPS) is 10.8. The second-order valence-electron chi connectivity index (χ2n) is 3.61. The van der Waals surface area contributed by atoms with E-state index in [1.54, 1.807) is 6.92 Å². The first kappa shape index (κ1) is 13.0. The van der Waals surface area contributed by atoms with Gasteiger partial charge in [0.05, 0.1) is 5.56 Å². The van der Waals surface area contributed by atoms with E-state index in [0.29, 0.717) is 30.2 Å². The molecule has 0 bridgehead atoms. The minimum absolute atomic E-state index is 0.257. The molecule has 0 N–H and O–H groups in total. The molecule has 1 aromatic heterocycles. The summed E-state index contributed by atoms with van der Waals surface area (Å²) < 4.78 is 2.71. The van der Waals surface area contributed by atoms with Gasteiger partial charge in [-0.3, -0.25) is 13.9 Å². The van der Waals surface area contributed by atoms with Crippen molar-refractivity contribution in [2.75, 3.05) is 0 Å². The van der Waals surface area contributed by atoms with Crippen LogP contribution in [-0.2, 0) is 19.5 Å². The van der Waals surface area contributed by atoms with Crippen molar-refractivity contribution in [3.05, 3.63) is 31.6 Å². The van der Waals surface area contributed by atoms with Gasteiger partial charge in [-0.25, -0.2) is 4.79 Å². The first-order valence-corrected chi connectivity index (χ1v) is 5.98. The van der Waals surface area contributed by atoms with Gasteiger partial charge in [0, 0.05) is 13.1 Å². The predicted octanol–water partition coefficient (Wildman–Crippen LogP) is 1.66. The smallest absolute Gasteiger partial charge is 0.283 e. The van der Waals surface area contributed by atoms with Crippen molar-refractivity contribution in [1.29, 1.82) is 0 Å². The monoisotopic (exact) mass is 244 g/mol. The Morgan fingerprint density at radius 1 is 1.12 bits per heavy atom. The van der Waals surface area contributed by atoms with Gasteiger partial charge in [-0.2, -0.15) is 0 Å². The van der Waals surface area contributed by atoms with Crippen LogP contribution in [0.15, 0.2) is 9.59 Å². The van der Waals surface area contributed by atoms with Crippen molar-refractivity contribution in [1.82, 2.24) is 9.13 Å². The third-order valence-electron chi connectivity index (χ3n) is 2.57. The van der Waals surface area contributed by atoms with Gasteiger partial charge in [-0.05, 0) is 19.8 Å². The second-order valence-corrected chi connectivity index (χ2v) is 3.96. The zero-order valence-electron chi connectivity index (χ0n) is 9.92. The maximum atomic E-state index is 11.9. The minimum atomic E-state index is -0.309.